The lowest BCUT2D eigenvalue weighted by atomic mass is 9.93. The van der Waals surface area contributed by atoms with Crippen LogP contribution >= 0.6 is 0 Å². The standard InChI is InChI=1S/C45H27N3O/c1-2-11-28(12-3-1)29-13-10-14-30(25-29)43-46-44(48-45(47-43)32-22-24-39-38-19-8-9-20-41(38)49-42(39)27-32)31-21-23-37-35-17-5-4-15-33(35)34-16-6-7-18-36(34)40(37)26-31/h1-27H. The van der Waals surface area contributed by atoms with Gasteiger partial charge in [0.2, 0.25) is 0 Å². The van der Waals surface area contributed by atoms with Gasteiger partial charge in [-0.1, -0.05) is 133 Å². The topological polar surface area (TPSA) is 51.8 Å². The molecule has 0 aliphatic rings. The van der Waals surface area contributed by atoms with Crippen LogP contribution in [-0.4, -0.2) is 15.0 Å². The van der Waals surface area contributed by atoms with Crippen LogP contribution in [0.15, 0.2) is 168 Å². The van der Waals surface area contributed by atoms with Crippen LogP contribution in [0, 0.1) is 0 Å². The summed E-state index contributed by atoms with van der Waals surface area (Å²) in [6.45, 7) is 0. The molecular formula is C45H27N3O. The van der Waals surface area contributed by atoms with Crippen molar-refractivity contribution in [3.05, 3.63) is 164 Å². The van der Waals surface area contributed by atoms with Crippen LogP contribution < -0.4 is 0 Å². The molecule has 0 atom stereocenters. The predicted octanol–water partition coefficient (Wildman–Crippen LogP) is 11.9. The smallest absolute Gasteiger partial charge is 0.164 e. The molecule has 0 saturated heterocycles. The Morgan fingerprint density at radius 2 is 0.714 bits per heavy atom. The summed E-state index contributed by atoms with van der Waals surface area (Å²) in [6, 6.07) is 57.0. The molecule has 0 N–H and O–H groups in total. The first-order valence-electron chi connectivity index (χ1n) is 16.4. The minimum Gasteiger partial charge on any atom is -0.456 e. The van der Waals surface area contributed by atoms with Gasteiger partial charge in [0.1, 0.15) is 11.2 Å². The van der Waals surface area contributed by atoms with Crippen molar-refractivity contribution in [1.29, 1.82) is 0 Å². The Hall–Kier alpha value is -6.65. The molecule has 0 spiro atoms. The Morgan fingerprint density at radius 3 is 1.39 bits per heavy atom. The van der Waals surface area contributed by atoms with Crippen LogP contribution in [0.5, 0.6) is 0 Å². The molecule has 0 bridgehead atoms. The molecule has 4 heteroatoms. The van der Waals surface area contributed by atoms with E-state index < -0.39 is 0 Å². The minimum absolute atomic E-state index is 0.593. The zero-order valence-corrected chi connectivity index (χ0v) is 26.3. The van der Waals surface area contributed by atoms with E-state index in [0.717, 1.165) is 49.8 Å². The number of hydrogen-bond acceptors (Lipinski definition) is 4. The number of aromatic nitrogens is 3. The number of hydrogen-bond donors (Lipinski definition) is 0. The molecule has 0 amide bonds. The zero-order chi connectivity index (χ0) is 32.3. The van der Waals surface area contributed by atoms with Crippen LogP contribution in [0.25, 0.3) is 99.5 Å². The molecule has 4 nitrogen and oxygen atoms in total. The van der Waals surface area contributed by atoms with Gasteiger partial charge in [-0.05, 0) is 73.8 Å². The van der Waals surface area contributed by atoms with Crippen molar-refractivity contribution in [3.8, 4) is 45.3 Å². The summed E-state index contributed by atoms with van der Waals surface area (Å²) in [5.74, 6) is 1.83. The normalized spacial score (nSPS) is 11.7. The summed E-state index contributed by atoms with van der Waals surface area (Å²) in [5.41, 5.74) is 6.64. The summed E-state index contributed by atoms with van der Waals surface area (Å²) >= 11 is 0. The van der Waals surface area contributed by atoms with Crippen molar-refractivity contribution >= 4 is 54.3 Å². The lowest BCUT2D eigenvalue weighted by molar-refractivity contribution is 0.669. The van der Waals surface area contributed by atoms with E-state index in [0.29, 0.717) is 17.5 Å². The van der Waals surface area contributed by atoms with E-state index >= 15 is 0 Å². The molecule has 0 unspecified atom stereocenters. The first-order chi connectivity index (χ1) is 24.3. The Labute approximate surface area is 282 Å². The van der Waals surface area contributed by atoms with Gasteiger partial charge in [0.05, 0.1) is 0 Å². The fourth-order valence-corrected chi connectivity index (χ4v) is 7.14. The Morgan fingerprint density at radius 1 is 0.265 bits per heavy atom. The van der Waals surface area contributed by atoms with Crippen molar-refractivity contribution in [2.24, 2.45) is 0 Å². The molecular weight excluding hydrogens is 599 g/mol. The van der Waals surface area contributed by atoms with E-state index in [1.807, 2.05) is 30.3 Å². The third-order valence-electron chi connectivity index (χ3n) is 9.50. The molecule has 49 heavy (non-hydrogen) atoms. The number of rotatable bonds is 4. The van der Waals surface area contributed by atoms with E-state index in [2.05, 4.69) is 133 Å². The van der Waals surface area contributed by atoms with Gasteiger partial charge >= 0.3 is 0 Å². The lowest BCUT2D eigenvalue weighted by Crippen LogP contribution is -2.00. The summed E-state index contributed by atoms with van der Waals surface area (Å²) in [7, 11) is 0. The van der Waals surface area contributed by atoms with Crippen molar-refractivity contribution in [2.75, 3.05) is 0 Å². The highest BCUT2D eigenvalue weighted by Gasteiger charge is 2.17. The molecule has 0 aliphatic carbocycles. The van der Waals surface area contributed by atoms with Crippen LogP contribution in [0.2, 0.25) is 0 Å². The van der Waals surface area contributed by atoms with Gasteiger partial charge in [0, 0.05) is 27.5 Å². The quantitative estimate of drug-likeness (QED) is 0.183. The molecule has 2 heterocycles. The van der Waals surface area contributed by atoms with E-state index in [9.17, 15) is 0 Å². The summed E-state index contributed by atoms with van der Waals surface area (Å²) in [5, 5.41) is 9.46. The SMILES string of the molecule is c1ccc(-c2cccc(-c3nc(-c4ccc5c(c4)oc4ccccc45)nc(-c4ccc5c6ccccc6c6ccccc6c5c4)n3)c2)cc1. The van der Waals surface area contributed by atoms with Gasteiger partial charge in [0.25, 0.3) is 0 Å². The second-order valence-electron chi connectivity index (χ2n) is 12.4. The summed E-state index contributed by atoms with van der Waals surface area (Å²) in [4.78, 5) is 15.3. The van der Waals surface area contributed by atoms with E-state index in [4.69, 9.17) is 19.4 Å². The third kappa shape index (κ3) is 4.57. The number of furan rings is 1. The second kappa shape index (κ2) is 11.0. The average molecular weight is 626 g/mol. The Kier molecular flexibility index (Phi) is 6.15. The lowest BCUT2D eigenvalue weighted by Gasteiger charge is -2.13. The zero-order valence-electron chi connectivity index (χ0n) is 26.3. The molecule has 10 rings (SSSR count). The maximum Gasteiger partial charge on any atom is 0.164 e. The van der Waals surface area contributed by atoms with Crippen LogP contribution in [-0.2, 0) is 0 Å². The van der Waals surface area contributed by atoms with Crippen molar-refractivity contribution < 1.29 is 4.42 Å². The number of fused-ring (bicyclic) bond motifs is 9. The largest absolute Gasteiger partial charge is 0.456 e. The fourth-order valence-electron chi connectivity index (χ4n) is 7.14. The van der Waals surface area contributed by atoms with Gasteiger partial charge in [-0.15, -0.1) is 0 Å². The van der Waals surface area contributed by atoms with Crippen LogP contribution in [0.1, 0.15) is 0 Å². The second-order valence-corrected chi connectivity index (χ2v) is 12.4. The number of benzene rings is 8. The Balaban J connectivity index is 1.20. The average Bonchev–Trinajstić information content (AvgIpc) is 3.56. The fraction of sp³-hybridized carbons (Fsp3) is 0. The van der Waals surface area contributed by atoms with Gasteiger partial charge < -0.3 is 4.42 Å². The van der Waals surface area contributed by atoms with Crippen molar-refractivity contribution in [1.82, 2.24) is 15.0 Å². The number of para-hydroxylation sites is 1. The molecule has 8 aromatic carbocycles. The van der Waals surface area contributed by atoms with Gasteiger partial charge in [-0.2, -0.15) is 0 Å². The number of nitrogens with zero attached hydrogens (tertiary/aromatic N) is 3. The molecule has 10 aromatic rings. The maximum absolute atomic E-state index is 6.26. The monoisotopic (exact) mass is 625 g/mol. The van der Waals surface area contributed by atoms with Crippen molar-refractivity contribution in [3.63, 3.8) is 0 Å². The first-order valence-corrected chi connectivity index (χ1v) is 16.4. The predicted molar refractivity (Wildman–Crippen MR) is 201 cm³/mol. The molecule has 228 valence electrons. The molecule has 0 radical (unpaired) electrons. The van der Waals surface area contributed by atoms with Crippen molar-refractivity contribution in [2.45, 2.75) is 0 Å². The first kappa shape index (κ1) is 27.5. The highest BCUT2D eigenvalue weighted by molar-refractivity contribution is 6.25. The van der Waals surface area contributed by atoms with E-state index in [1.54, 1.807) is 0 Å². The maximum atomic E-state index is 6.26. The van der Waals surface area contributed by atoms with Gasteiger partial charge in [0.15, 0.2) is 17.5 Å². The van der Waals surface area contributed by atoms with Crippen LogP contribution in [0.3, 0.4) is 0 Å². The highest BCUT2D eigenvalue weighted by Crippen LogP contribution is 2.38. The van der Waals surface area contributed by atoms with Crippen LogP contribution in [0.4, 0.5) is 0 Å². The molecule has 2 aromatic heterocycles. The molecule has 0 aliphatic heterocycles. The molecule has 0 saturated carbocycles. The minimum atomic E-state index is 0.593. The van der Waals surface area contributed by atoms with Gasteiger partial charge in [-0.25, -0.2) is 15.0 Å². The summed E-state index contributed by atoms with van der Waals surface area (Å²) in [6.07, 6.45) is 0. The Bertz CT molecular complexity index is 2860. The summed E-state index contributed by atoms with van der Waals surface area (Å²) < 4.78 is 6.26. The highest BCUT2D eigenvalue weighted by atomic mass is 16.3. The van der Waals surface area contributed by atoms with Gasteiger partial charge in [-0.3, -0.25) is 0 Å². The third-order valence-corrected chi connectivity index (χ3v) is 9.50. The molecule has 0 fully saturated rings. The van der Waals surface area contributed by atoms with E-state index in [-0.39, 0.29) is 0 Å². The van der Waals surface area contributed by atoms with E-state index in [1.165, 1.54) is 32.3 Å².